The minimum Gasteiger partial charge on any atom is -0.373 e. The first-order valence-corrected chi connectivity index (χ1v) is 7.97. The summed E-state index contributed by atoms with van der Waals surface area (Å²) >= 11 is 3.60. The standard InChI is InChI=1S/C15H26BrN3O/c1-7-9-17-13-11(16)10(8-2)18-14(19-13)12(20-6)15(3,4)5/h12H,7-9H2,1-6H3,(H,17,18,19). The first kappa shape index (κ1) is 17.4. The number of anilines is 1. The van der Waals surface area contributed by atoms with Gasteiger partial charge < -0.3 is 10.1 Å². The molecule has 4 nitrogen and oxygen atoms in total. The van der Waals surface area contributed by atoms with Gasteiger partial charge in [0, 0.05) is 13.7 Å². The molecule has 114 valence electrons. The number of methoxy groups -OCH3 is 1. The number of nitrogens with zero attached hydrogens (tertiary/aromatic N) is 2. The Morgan fingerprint density at radius 1 is 1.25 bits per heavy atom. The summed E-state index contributed by atoms with van der Waals surface area (Å²) < 4.78 is 6.59. The third kappa shape index (κ3) is 4.16. The highest BCUT2D eigenvalue weighted by Crippen LogP contribution is 2.35. The lowest BCUT2D eigenvalue weighted by molar-refractivity contribution is 0.00859. The second-order valence-electron chi connectivity index (χ2n) is 5.95. The van der Waals surface area contributed by atoms with Crippen molar-refractivity contribution in [2.24, 2.45) is 5.41 Å². The summed E-state index contributed by atoms with van der Waals surface area (Å²) in [7, 11) is 1.71. The maximum absolute atomic E-state index is 5.63. The van der Waals surface area contributed by atoms with Crippen molar-refractivity contribution in [2.45, 2.75) is 53.6 Å². The summed E-state index contributed by atoms with van der Waals surface area (Å²) in [6.45, 7) is 11.5. The van der Waals surface area contributed by atoms with Crippen LogP contribution >= 0.6 is 15.9 Å². The zero-order chi connectivity index (χ0) is 15.3. The predicted octanol–water partition coefficient (Wildman–Crippen LogP) is 4.36. The third-order valence-electron chi connectivity index (χ3n) is 3.07. The summed E-state index contributed by atoms with van der Waals surface area (Å²) in [5, 5.41) is 3.35. The van der Waals surface area contributed by atoms with Gasteiger partial charge in [0.05, 0.1) is 10.2 Å². The molecule has 1 unspecified atom stereocenters. The van der Waals surface area contributed by atoms with Crippen molar-refractivity contribution in [1.29, 1.82) is 0 Å². The Bertz CT molecular complexity index is 443. The number of halogens is 1. The lowest BCUT2D eigenvalue weighted by Gasteiger charge is -2.28. The van der Waals surface area contributed by atoms with Gasteiger partial charge in [-0.25, -0.2) is 9.97 Å². The Labute approximate surface area is 130 Å². The summed E-state index contributed by atoms with van der Waals surface area (Å²) in [5.41, 5.74) is 0.968. The summed E-state index contributed by atoms with van der Waals surface area (Å²) in [6, 6.07) is 0. The molecule has 0 saturated carbocycles. The number of aryl methyl sites for hydroxylation is 1. The minimum absolute atomic E-state index is 0.0460. The number of aromatic nitrogens is 2. The van der Waals surface area contributed by atoms with Gasteiger partial charge in [0.1, 0.15) is 11.9 Å². The van der Waals surface area contributed by atoms with Gasteiger partial charge in [-0.3, -0.25) is 0 Å². The molecule has 0 aromatic carbocycles. The topological polar surface area (TPSA) is 47.0 Å². The maximum Gasteiger partial charge on any atom is 0.160 e. The molecule has 0 saturated heterocycles. The molecule has 0 aliphatic rings. The first-order valence-electron chi connectivity index (χ1n) is 7.18. The fourth-order valence-electron chi connectivity index (χ4n) is 2.07. The predicted molar refractivity (Wildman–Crippen MR) is 87.1 cm³/mol. The normalized spacial score (nSPS) is 13.3. The Morgan fingerprint density at radius 2 is 1.90 bits per heavy atom. The van der Waals surface area contributed by atoms with E-state index in [-0.39, 0.29) is 11.5 Å². The molecule has 0 radical (unpaired) electrons. The van der Waals surface area contributed by atoms with Crippen LogP contribution in [0.4, 0.5) is 5.82 Å². The van der Waals surface area contributed by atoms with Gasteiger partial charge >= 0.3 is 0 Å². The van der Waals surface area contributed by atoms with Crippen molar-refractivity contribution in [1.82, 2.24) is 9.97 Å². The number of nitrogens with one attached hydrogen (secondary N) is 1. The van der Waals surface area contributed by atoms with Crippen LogP contribution in [0, 0.1) is 5.41 Å². The van der Waals surface area contributed by atoms with E-state index in [0.29, 0.717) is 0 Å². The molecule has 1 aromatic rings. The van der Waals surface area contributed by atoms with Crippen molar-refractivity contribution in [2.75, 3.05) is 19.0 Å². The molecule has 0 bridgehead atoms. The second-order valence-corrected chi connectivity index (χ2v) is 6.75. The van der Waals surface area contributed by atoms with Crippen LogP contribution in [-0.4, -0.2) is 23.6 Å². The molecule has 0 spiro atoms. The third-order valence-corrected chi connectivity index (χ3v) is 3.90. The summed E-state index contributed by atoms with van der Waals surface area (Å²) in [4.78, 5) is 9.34. The minimum atomic E-state index is -0.122. The molecule has 20 heavy (non-hydrogen) atoms. The van der Waals surface area contributed by atoms with E-state index in [9.17, 15) is 0 Å². The molecule has 1 N–H and O–H groups in total. The van der Waals surface area contributed by atoms with E-state index < -0.39 is 0 Å². The van der Waals surface area contributed by atoms with Gasteiger partial charge in [0.2, 0.25) is 0 Å². The quantitative estimate of drug-likeness (QED) is 0.833. The van der Waals surface area contributed by atoms with E-state index in [1.54, 1.807) is 7.11 Å². The molecule has 0 fully saturated rings. The van der Waals surface area contributed by atoms with E-state index in [4.69, 9.17) is 4.74 Å². The average molecular weight is 344 g/mol. The van der Waals surface area contributed by atoms with Gasteiger partial charge in [0.15, 0.2) is 5.82 Å². The molecule has 1 heterocycles. The molecular weight excluding hydrogens is 318 g/mol. The van der Waals surface area contributed by atoms with Gasteiger partial charge in [0.25, 0.3) is 0 Å². The first-order chi connectivity index (χ1) is 9.35. The smallest absolute Gasteiger partial charge is 0.160 e. The Balaban J connectivity index is 3.25. The zero-order valence-electron chi connectivity index (χ0n) is 13.4. The van der Waals surface area contributed by atoms with Crippen LogP contribution in [-0.2, 0) is 11.2 Å². The number of hydrogen-bond acceptors (Lipinski definition) is 4. The van der Waals surface area contributed by atoms with Crippen molar-refractivity contribution in [3.05, 3.63) is 16.0 Å². The molecule has 0 amide bonds. The van der Waals surface area contributed by atoms with Crippen LogP contribution in [0.25, 0.3) is 0 Å². The Morgan fingerprint density at radius 3 is 2.35 bits per heavy atom. The molecule has 1 aromatic heterocycles. The van der Waals surface area contributed by atoms with Crippen molar-refractivity contribution in [3.63, 3.8) is 0 Å². The zero-order valence-corrected chi connectivity index (χ0v) is 15.0. The van der Waals surface area contributed by atoms with Crippen LogP contribution in [0.3, 0.4) is 0 Å². The van der Waals surface area contributed by atoms with Crippen molar-refractivity contribution >= 4 is 21.7 Å². The van der Waals surface area contributed by atoms with Crippen LogP contribution in [0.1, 0.15) is 58.7 Å². The van der Waals surface area contributed by atoms with Gasteiger partial charge in [-0.2, -0.15) is 0 Å². The SMILES string of the molecule is CCCNc1nc(C(OC)C(C)(C)C)nc(CC)c1Br. The Hall–Kier alpha value is -0.680. The lowest BCUT2D eigenvalue weighted by atomic mass is 9.88. The summed E-state index contributed by atoms with van der Waals surface area (Å²) in [5.74, 6) is 1.61. The molecular formula is C15H26BrN3O. The van der Waals surface area contributed by atoms with Crippen LogP contribution < -0.4 is 5.32 Å². The van der Waals surface area contributed by atoms with E-state index in [1.807, 2.05) is 0 Å². The summed E-state index contributed by atoms with van der Waals surface area (Å²) in [6.07, 6.45) is 1.79. The molecule has 0 aliphatic heterocycles. The van der Waals surface area contributed by atoms with Gasteiger partial charge in [-0.05, 0) is 34.2 Å². The molecule has 1 atom stereocenters. The highest BCUT2D eigenvalue weighted by atomic mass is 79.9. The van der Waals surface area contributed by atoms with Crippen LogP contribution in [0.2, 0.25) is 0 Å². The largest absolute Gasteiger partial charge is 0.373 e. The van der Waals surface area contributed by atoms with Gasteiger partial charge in [-0.1, -0.05) is 34.6 Å². The number of ether oxygens (including phenoxy) is 1. The lowest BCUT2D eigenvalue weighted by Crippen LogP contribution is -2.23. The van der Waals surface area contributed by atoms with Crippen molar-refractivity contribution in [3.8, 4) is 0 Å². The average Bonchev–Trinajstić information content (AvgIpc) is 2.37. The van der Waals surface area contributed by atoms with Crippen LogP contribution in [0.15, 0.2) is 4.47 Å². The molecule has 0 aliphatic carbocycles. The fraction of sp³-hybridized carbons (Fsp3) is 0.733. The molecule has 5 heteroatoms. The van der Waals surface area contributed by atoms with Crippen LogP contribution in [0.5, 0.6) is 0 Å². The Kier molecular flexibility index (Phi) is 6.40. The number of hydrogen-bond donors (Lipinski definition) is 1. The van der Waals surface area contributed by atoms with E-state index in [2.05, 4.69) is 65.8 Å². The molecule has 1 rings (SSSR count). The van der Waals surface area contributed by atoms with E-state index in [1.165, 1.54) is 0 Å². The highest BCUT2D eigenvalue weighted by Gasteiger charge is 2.30. The highest BCUT2D eigenvalue weighted by molar-refractivity contribution is 9.10. The van der Waals surface area contributed by atoms with E-state index >= 15 is 0 Å². The van der Waals surface area contributed by atoms with E-state index in [0.717, 1.165) is 41.2 Å². The second kappa shape index (κ2) is 7.36. The van der Waals surface area contributed by atoms with Crippen molar-refractivity contribution < 1.29 is 4.74 Å². The number of rotatable bonds is 6. The van der Waals surface area contributed by atoms with Gasteiger partial charge in [-0.15, -0.1) is 0 Å². The monoisotopic (exact) mass is 343 g/mol. The fourth-order valence-corrected chi connectivity index (χ4v) is 2.67. The maximum atomic E-state index is 5.63.